The van der Waals surface area contributed by atoms with Gasteiger partial charge in [-0.2, -0.15) is 0 Å². The molecular weight excluding hydrogens is 280 g/mol. The summed E-state index contributed by atoms with van der Waals surface area (Å²) in [6.07, 6.45) is -0.851. The molecule has 0 aliphatic heterocycles. The number of benzene rings is 2. The lowest BCUT2D eigenvalue weighted by molar-refractivity contribution is -0.136. The average Bonchev–Trinajstić information content (AvgIpc) is 2.55. The van der Waals surface area contributed by atoms with E-state index in [1.165, 1.54) is 0 Å². The Labute approximate surface area is 129 Å². The maximum absolute atomic E-state index is 11.8. The molecule has 5 nitrogen and oxygen atoms in total. The third-order valence-electron chi connectivity index (χ3n) is 3.24. The zero-order chi connectivity index (χ0) is 15.9. The minimum Gasteiger partial charge on any atom is -0.387 e. The highest BCUT2D eigenvalue weighted by Crippen LogP contribution is 2.13. The number of rotatable bonds is 4. The Morgan fingerprint density at radius 2 is 1.64 bits per heavy atom. The molecule has 1 atom stereocenters. The van der Waals surface area contributed by atoms with Crippen LogP contribution in [0.2, 0.25) is 0 Å². The Morgan fingerprint density at radius 3 is 2.32 bits per heavy atom. The van der Waals surface area contributed by atoms with Gasteiger partial charge in [-0.05, 0) is 24.1 Å². The fourth-order valence-electron chi connectivity index (χ4n) is 1.95. The molecule has 5 heteroatoms. The van der Waals surface area contributed by atoms with Crippen molar-refractivity contribution < 1.29 is 14.7 Å². The number of nitrogens with one attached hydrogen (secondary N) is 2. The first-order valence-corrected chi connectivity index (χ1v) is 6.95. The van der Waals surface area contributed by atoms with Crippen LogP contribution in [-0.2, 0) is 9.59 Å². The van der Waals surface area contributed by atoms with Gasteiger partial charge in [0.1, 0.15) is 0 Å². The Kier molecular flexibility index (Phi) is 5.27. The summed E-state index contributed by atoms with van der Waals surface area (Å²) in [7, 11) is 0. The second kappa shape index (κ2) is 7.38. The third-order valence-corrected chi connectivity index (χ3v) is 3.24. The van der Waals surface area contributed by atoms with Gasteiger partial charge in [-0.15, -0.1) is 0 Å². The number of hydrogen-bond donors (Lipinski definition) is 3. The maximum Gasteiger partial charge on any atom is 0.313 e. The van der Waals surface area contributed by atoms with Crippen LogP contribution in [0.1, 0.15) is 17.2 Å². The zero-order valence-electron chi connectivity index (χ0n) is 12.2. The van der Waals surface area contributed by atoms with E-state index in [2.05, 4.69) is 10.6 Å². The van der Waals surface area contributed by atoms with Gasteiger partial charge in [0.2, 0.25) is 0 Å². The fraction of sp³-hybridized carbons (Fsp3) is 0.176. The lowest BCUT2D eigenvalue weighted by Crippen LogP contribution is -2.37. The summed E-state index contributed by atoms with van der Waals surface area (Å²) in [5.74, 6) is -1.53. The first kappa shape index (κ1) is 15.7. The van der Waals surface area contributed by atoms with Crippen LogP contribution in [0, 0.1) is 6.92 Å². The number of aryl methyl sites for hydroxylation is 1. The molecule has 0 aromatic heterocycles. The van der Waals surface area contributed by atoms with Crippen molar-refractivity contribution in [1.29, 1.82) is 0 Å². The van der Waals surface area contributed by atoms with Crippen LogP contribution in [-0.4, -0.2) is 23.5 Å². The molecule has 114 valence electrons. The number of aliphatic hydroxyl groups is 1. The highest BCUT2D eigenvalue weighted by Gasteiger charge is 2.16. The molecule has 0 aliphatic rings. The van der Waals surface area contributed by atoms with Crippen LogP contribution in [0.15, 0.2) is 54.6 Å². The Hall–Kier alpha value is -2.66. The van der Waals surface area contributed by atoms with Gasteiger partial charge >= 0.3 is 11.8 Å². The van der Waals surface area contributed by atoms with Gasteiger partial charge in [0.25, 0.3) is 0 Å². The lowest BCUT2D eigenvalue weighted by atomic mass is 10.1. The maximum atomic E-state index is 11.8. The number of carbonyl (C=O) groups excluding carboxylic acids is 2. The molecule has 0 bridgehead atoms. The summed E-state index contributed by atoms with van der Waals surface area (Å²) in [6.45, 7) is 1.82. The van der Waals surface area contributed by atoms with E-state index in [4.69, 9.17) is 0 Å². The summed E-state index contributed by atoms with van der Waals surface area (Å²) in [5, 5.41) is 14.9. The molecule has 0 spiro atoms. The summed E-state index contributed by atoms with van der Waals surface area (Å²) in [6, 6.07) is 16.1. The van der Waals surface area contributed by atoms with Crippen LogP contribution in [0.5, 0.6) is 0 Å². The van der Waals surface area contributed by atoms with Crippen LogP contribution < -0.4 is 10.6 Å². The zero-order valence-corrected chi connectivity index (χ0v) is 12.2. The quantitative estimate of drug-likeness (QED) is 0.753. The van der Waals surface area contributed by atoms with Crippen LogP contribution in [0.3, 0.4) is 0 Å². The van der Waals surface area contributed by atoms with Gasteiger partial charge in [-0.3, -0.25) is 9.59 Å². The predicted octanol–water partition coefficient (Wildman–Crippen LogP) is 1.78. The number of aliphatic hydroxyl groups excluding tert-OH is 1. The number of carbonyl (C=O) groups is 2. The highest BCUT2D eigenvalue weighted by atomic mass is 16.3. The van der Waals surface area contributed by atoms with Crippen LogP contribution in [0.25, 0.3) is 0 Å². The van der Waals surface area contributed by atoms with E-state index in [0.717, 1.165) is 5.56 Å². The number of para-hydroxylation sites is 1. The molecule has 2 rings (SSSR count). The van der Waals surface area contributed by atoms with Crippen molar-refractivity contribution >= 4 is 17.5 Å². The minimum atomic E-state index is -0.851. The summed E-state index contributed by atoms with van der Waals surface area (Å²) in [5.41, 5.74) is 2.14. The monoisotopic (exact) mass is 298 g/mol. The van der Waals surface area contributed by atoms with Gasteiger partial charge in [-0.25, -0.2) is 0 Å². The molecule has 0 aliphatic carbocycles. The second-order valence-corrected chi connectivity index (χ2v) is 4.91. The number of hydrogen-bond acceptors (Lipinski definition) is 3. The molecule has 0 unspecified atom stereocenters. The molecule has 2 amide bonds. The Morgan fingerprint density at radius 1 is 1.00 bits per heavy atom. The predicted molar refractivity (Wildman–Crippen MR) is 84.2 cm³/mol. The third kappa shape index (κ3) is 4.17. The molecule has 0 saturated carbocycles. The van der Waals surface area contributed by atoms with Crippen LogP contribution in [0.4, 0.5) is 5.69 Å². The van der Waals surface area contributed by atoms with E-state index in [9.17, 15) is 14.7 Å². The average molecular weight is 298 g/mol. The topological polar surface area (TPSA) is 78.4 Å². The van der Waals surface area contributed by atoms with Gasteiger partial charge in [0, 0.05) is 12.2 Å². The van der Waals surface area contributed by atoms with Crippen molar-refractivity contribution in [1.82, 2.24) is 5.32 Å². The van der Waals surface area contributed by atoms with Crippen molar-refractivity contribution in [3.05, 3.63) is 65.7 Å². The minimum absolute atomic E-state index is 0.0238. The van der Waals surface area contributed by atoms with E-state index >= 15 is 0 Å². The molecular formula is C17H18N2O3. The van der Waals surface area contributed by atoms with E-state index in [-0.39, 0.29) is 6.54 Å². The largest absolute Gasteiger partial charge is 0.387 e. The van der Waals surface area contributed by atoms with Gasteiger partial charge in [0.05, 0.1) is 6.10 Å². The molecule has 0 saturated heterocycles. The van der Waals surface area contributed by atoms with Crippen molar-refractivity contribution in [2.45, 2.75) is 13.0 Å². The normalized spacial score (nSPS) is 11.5. The number of anilines is 1. The lowest BCUT2D eigenvalue weighted by Gasteiger charge is -2.12. The van der Waals surface area contributed by atoms with Crippen molar-refractivity contribution in [3.63, 3.8) is 0 Å². The van der Waals surface area contributed by atoms with Crippen molar-refractivity contribution in [3.8, 4) is 0 Å². The first-order chi connectivity index (χ1) is 10.6. The molecule has 0 fully saturated rings. The Balaban J connectivity index is 1.87. The summed E-state index contributed by atoms with van der Waals surface area (Å²) >= 11 is 0. The molecule has 2 aromatic rings. The number of amides is 2. The smallest absolute Gasteiger partial charge is 0.313 e. The first-order valence-electron chi connectivity index (χ1n) is 6.95. The second-order valence-electron chi connectivity index (χ2n) is 4.91. The van der Waals surface area contributed by atoms with E-state index in [1.54, 1.807) is 36.4 Å². The molecule has 3 N–H and O–H groups in total. The molecule has 22 heavy (non-hydrogen) atoms. The van der Waals surface area contributed by atoms with Gasteiger partial charge < -0.3 is 15.7 Å². The SMILES string of the molecule is Cc1ccccc1NC(=O)C(=O)NC[C@H](O)c1ccccc1. The van der Waals surface area contributed by atoms with Crippen LogP contribution >= 0.6 is 0 Å². The van der Waals surface area contributed by atoms with Crippen molar-refractivity contribution in [2.24, 2.45) is 0 Å². The molecule has 0 heterocycles. The van der Waals surface area contributed by atoms with Gasteiger partial charge in [-0.1, -0.05) is 48.5 Å². The van der Waals surface area contributed by atoms with E-state index in [1.807, 2.05) is 25.1 Å². The molecule has 0 radical (unpaired) electrons. The fourth-order valence-corrected chi connectivity index (χ4v) is 1.95. The summed E-state index contributed by atoms with van der Waals surface area (Å²) in [4.78, 5) is 23.6. The highest BCUT2D eigenvalue weighted by molar-refractivity contribution is 6.39. The standard InChI is InChI=1S/C17H18N2O3/c1-12-7-5-6-10-14(12)19-17(22)16(21)18-11-15(20)13-8-3-2-4-9-13/h2-10,15,20H,11H2,1H3,(H,18,21)(H,19,22)/t15-/m0/s1. The summed E-state index contributed by atoms with van der Waals surface area (Å²) < 4.78 is 0. The van der Waals surface area contributed by atoms with Crippen molar-refractivity contribution in [2.75, 3.05) is 11.9 Å². The van der Waals surface area contributed by atoms with E-state index < -0.39 is 17.9 Å². The molecule has 2 aromatic carbocycles. The van der Waals surface area contributed by atoms with Gasteiger partial charge in [0.15, 0.2) is 0 Å². The van der Waals surface area contributed by atoms with E-state index in [0.29, 0.717) is 11.3 Å². The Bertz CT molecular complexity index is 656.